The van der Waals surface area contributed by atoms with Crippen LogP contribution in [0.5, 0.6) is 0 Å². The number of aromatic nitrogens is 2. The van der Waals surface area contributed by atoms with E-state index in [1.165, 1.54) is 0 Å². The van der Waals surface area contributed by atoms with Crippen molar-refractivity contribution in [1.82, 2.24) is 25.7 Å². The molecular weight excluding hydrogens is 443 g/mol. The van der Waals surface area contributed by atoms with Crippen LogP contribution >= 0.6 is 24.0 Å². The molecule has 0 saturated heterocycles. The van der Waals surface area contributed by atoms with Crippen molar-refractivity contribution in [2.75, 3.05) is 19.6 Å². The molecule has 0 fully saturated rings. The second-order valence-corrected chi connectivity index (χ2v) is 7.81. The maximum atomic E-state index is 5.31. The number of nitrogens with one attached hydrogen (secondary N) is 2. The molecule has 0 aliphatic carbocycles. The fourth-order valence-electron chi connectivity index (χ4n) is 2.53. The molecule has 0 saturated carbocycles. The Bertz CT molecular complexity index is 528. The van der Waals surface area contributed by atoms with Gasteiger partial charge in [-0.2, -0.15) is 4.98 Å². The molecule has 0 spiro atoms. The van der Waals surface area contributed by atoms with Gasteiger partial charge >= 0.3 is 0 Å². The summed E-state index contributed by atoms with van der Waals surface area (Å²) in [5.74, 6) is 2.02. The topological polar surface area (TPSA) is 78.6 Å². The molecule has 2 N–H and O–H groups in total. The van der Waals surface area contributed by atoms with E-state index in [0.29, 0.717) is 30.3 Å². The van der Waals surface area contributed by atoms with E-state index >= 15 is 0 Å². The summed E-state index contributed by atoms with van der Waals surface area (Å²) in [6, 6.07) is 1.05. The van der Waals surface area contributed by atoms with E-state index in [2.05, 4.69) is 65.3 Å². The first-order valence-corrected chi connectivity index (χ1v) is 9.26. The quantitative estimate of drug-likeness (QED) is 0.338. The molecule has 0 radical (unpaired) electrons. The smallest absolute Gasteiger partial charge is 0.232 e. The summed E-state index contributed by atoms with van der Waals surface area (Å²) in [6.45, 7) is 20.1. The molecule has 152 valence electrons. The molecule has 7 nitrogen and oxygen atoms in total. The largest absolute Gasteiger partial charge is 0.357 e. The van der Waals surface area contributed by atoms with E-state index < -0.39 is 0 Å². The minimum absolute atomic E-state index is 0. The standard InChI is InChI=1S/C18H36N6O.HI/c1-9-19-17(20-10-11-24(13(2)3)14(4)5)21-12-15-22-16(25-23-15)18(6,7)8;/h13-14H,9-12H2,1-8H3,(H2,19,20,21);1H. The summed E-state index contributed by atoms with van der Waals surface area (Å²) < 4.78 is 5.31. The summed E-state index contributed by atoms with van der Waals surface area (Å²) in [5, 5.41) is 10.6. The molecule has 8 heteroatoms. The number of aliphatic imine (C=N–C) groups is 1. The first-order valence-electron chi connectivity index (χ1n) is 9.26. The molecule has 26 heavy (non-hydrogen) atoms. The van der Waals surface area contributed by atoms with Gasteiger partial charge in [-0.3, -0.25) is 4.90 Å². The maximum absolute atomic E-state index is 5.31. The van der Waals surface area contributed by atoms with Gasteiger partial charge in [0.25, 0.3) is 0 Å². The van der Waals surface area contributed by atoms with Crippen LogP contribution in [0.25, 0.3) is 0 Å². The van der Waals surface area contributed by atoms with Crippen molar-refractivity contribution in [3.8, 4) is 0 Å². The van der Waals surface area contributed by atoms with Crippen LogP contribution in [0, 0.1) is 0 Å². The lowest BCUT2D eigenvalue weighted by molar-refractivity contribution is 0.178. The van der Waals surface area contributed by atoms with Gasteiger partial charge in [0.1, 0.15) is 6.54 Å². The number of hydrogen-bond donors (Lipinski definition) is 2. The zero-order valence-electron chi connectivity index (χ0n) is 17.6. The highest BCUT2D eigenvalue weighted by Crippen LogP contribution is 2.19. The predicted molar refractivity (Wildman–Crippen MR) is 118 cm³/mol. The van der Waals surface area contributed by atoms with Gasteiger partial charge in [-0.15, -0.1) is 24.0 Å². The monoisotopic (exact) mass is 480 g/mol. The SMILES string of the molecule is CCNC(=NCc1noc(C(C)(C)C)n1)NCCN(C(C)C)C(C)C.I. The van der Waals surface area contributed by atoms with E-state index in [4.69, 9.17) is 4.52 Å². The van der Waals surface area contributed by atoms with Crippen LogP contribution < -0.4 is 10.6 Å². The van der Waals surface area contributed by atoms with Crippen LogP contribution in [0.15, 0.2) is 9.52 Å². The van der Waals surface area contributed by atoms with Crippen LogP contribution in [0.4, 0.5) is 0 Å². The van der Waals surface area contributed by atoms with Crippen molar-refractivity contribution in [2.45, 2.75) is 79.4 Å². The number of hydrogen-bond acceptors (Lipinski definition) is 5. The van der Waals surface area contributed by atoms with Crippen LogP contribution in [-0.4, -0.2) is 52.7 Å². The number of rotatable bonds is 8. The number of halogens is 1. The normalized spacial score (nSPS) is 12.7. The zero-order valence-corrected chi connectivity index (χ0v) is 19.9. The summed E-state index contributed by atoms with van der Waals surface area (Å²) in [7, 11) is 0. The Morgan fingerprint density at radius 3 is 2.23 bits per heavy atom. The highest BCUT2D eigenvalue weighted by Gasteiger charge is 2.21. The van der Waals surface area contributed by atoms with Gasteiger partial charge < -0.3 is 15.2 Å². The first-order chi connectivity index (χ1) is 11.6. The Balaban J connectivity index is 0.00000625. The van der Waals surface area contributed by atoms with Crippen molar-refractivity contribution in [3.63, 3.8) is 0 Å². The molecule has 1 aromatic heterocycles. The molecule has 1 aromatic rings. The van der Waals surface area contributed by atoms with Gasteiger partial charge in [-0.05, 0) is 34.6 Å². The third-order valence-corrected chi connectivity index (χ3v) is 3.82. The Labute approximate surface area is 175 Å². The minimum Gasteiger partial charge on any atom is -0.357 e. The predicted octanol–water partition coefficient (Wildman–Crippen LogP) is 3.16. The summed E-state index contributed by atoms with van der Waals surface area (Å²) in [4.78, 5) is 11.4. The third-order valence-electron chi connectivity index (χ3n) is 3.82. The Morgan fingerprint density at radius 1 is 1.15 bits per heavy atom. The van der Waals surface area contributed by atoms with Crippen LogP contribution in [0.3, 0.4) is 0 Å². The van der Waals surface area contributed by atoms with Crippen molar-refractivity contribution >= 4 is 29.9 Å². The molecule has 0 aliphatic rings. The van der Waals surface area contributed by atoms with Crippen molar-refractivity contribution in [1.29, 1.82) is 0 Å². The molecule has 0 bridgehead atoms. The summed E-state index contributed by atoms with van der Waals surface area (Å²) in [6.07, 6.45) is 0. The summed E-state index contributed by atoms with van der Waals surface area (Å²) in [5.41, 5.74) is -0.144. The molecule has 1 heterocycles. The van der Waals surface area contributed by atoms with E-state index in [-0.39, 0.29) is 29.4 Å². The van der Waals surface area contributed by atoms with E-state index in [9.17, 15) is 0 Å². The second-order valence-electron chi connectivity index (χ2n) is 7.81. The number of nitrogens with zero attached hydrogens (tertiary/aromatic N) is 4. The van der Waals surface area contributed by atoms with Crippen LogP contribution in [0.2, 0.25) is 0 Å². The molecular formula is C18H37IN6O. The van der Waals surface area contributed by atoms with Crippen molar-refractivity contribution in [3.05, 3.63) is 11.7 Å². The molecule has 0 atom stereocenters. The van der Waals surface area contributed by atoms with Crippen LogP contribution in [-0.2, 0) is 12.0 Å². The van der Waals surface area contributed by atoms with Gasteiger partial charge in [-0.1, -0.05) is 25.9 Å². The van der Waals surface area contributed by atoms with E-state index in [1.54, 1.807) is 0 Å². The molecule has 0 unspecified atom stereocenters. The Kier molecular flexibility index (Phi) is 11.3. The van der Waals surface area contributed by atoms with E-state index in [0.717, 1.165) is 25.6 Å². The van der Waals surface area contributed by atoms with Gasteiger partial charge in [0.2, 0.25) is 5.89 Å². The Hall–Kier alpha value is -0.900. The van der Waals surface area contributed by atoms with Gasteiger partial charge in [0.05, 0.1) is 0 Å². The van der Waals surface area contributed by atoms with Gasteiger partial charge in [0, 0.05) is 37.1 Å². The van der Waals surface area contributed by atoms with Crippen molar-refractivity contribution < 1.29 is 4.52 Å². The van der Waals surface area contributed by atoms with Gasteiger partial charge in [0.15, 0.2) is 11.8 Å². The highest BCUT2D eigenvalue weighted by molar-refractivity contribution is 14.0. The van der Waals surface area contributed by atoms with E-state index in [1.807, 2.05) is 20.8 Å². The lowest BCUT2D eigenvalue weighted by Gasteiger charge is -2.30. The molecule has 0 aliphatic heterocycles. The van der Waals surface area contributed by atoms with Gasteiger partial charge in [-0.25, -0.2) is 4.99 Å². The fraction of sp³-hybridized carbons (Fsp3) is 0.833. The fourth-order valence-corrected chi connectivity index (χ4v) is 2.53. The number of guanidine groups is 1. The minimum atomic E-state index is -0.144. The lowest BCUT2D eigenvalue weighted by atomic mass is 9.97. The lowest BCUT2D eigenvalue weighted by Crippen LogP contribution is -2.45. The Morgan fingerprint density at radius 2 is 1.77 bits per heavy atom. The summed E-state index contributed by atoms with van der Waals surface area (Å²) >= 11 is 0. The average molecular weight is 480 g/mol. The average Bonchev–Trinajstić information content (AvgIpc) is 2.97. The first kappa shape index (κ1) is 25.1. The highest BCUT2D eigenvalue weighted by atomic mass is 127. The zero-order chi connectivity index (χ0) is 19.0. The molecule has 1 rings (SSSR count). The molecule has 0 aromatic carbocycles. The van der Waals surface area contributed by atoms with Crippen molar-refractivity contribution in [2.24, 2.45) is 4.99 Å². The van der Waals surface area contributed by atoms with Crippen LogP contribution in [0.1, 0.15) is 67.1 Å². The maximum Gasteiger partial charge on any atom is 0.232 e. The second kappa shape index (κ2) is 11.7. The third kappa shape index (κ3) is 8.66. The molecule has 0 amide bonds.